The lowest BCUT2D eigenvalue weighted by molar-refractivity contribution is 0.312. The number of likely N-dealkylation sites (N-methyl/N-ethyl adjacent to an activating group) is 1. The van der Waals surface area contributed by atoms with Crippen LogP contribution in [0.3, 0.4) is 0 Å². The van der Waals surface area contributed by atoms with E-state index in [9.17, 15) is 0 Å². The highest BCUT2D eigenvalue weighted by molar-refractivity contribution is 7.13. The Labute approximate surface area is 147 Å². The SMILES string of the molecule is Cc1nc(Nc2nc(CN(C)C)cs2)cc(N2CCN(C)CC2)n1. The fourth-order valence-electron chi connectivity index (χ4n) is 2.68. The third-order valence-electron chi connectivity index (χ3n) is 3.92. The molecule has 0 unspecified atom stereocenters. The van der Waals surface area contributed by atoms with Gasteiger partial charge in [0.05, 0.1) is 5.69 Å². The molecular weight excluding hydrogens is 322 g/mol. The van der Waals surface area contributed by atoms with Crippen LogP contribution in [0.1, 0.15) is 11.5 Å². The Kier molecular flexibility index (Phi) is 5.27. The van der Waals surface area contributed by atoms with Gasteiger partial charge in [0.25, 0.3) is 0 Å². The maximum absolute atomic E-state index is 4.61. The van der Waals surface area contributed by atoms with Crippen LogP contribution in [0.25, 0.3) is 0 Å². The molecule has 1 saturated heterocycles. The Morgan fingerprint density at radius 3 is 2.62 bits per heavy atom. The third-order valence-corrected chi connectivity index (χ3v) is 4.72. The Hall–Kier alpha value is -1.77. The fraction of sp³-hybridized carbons (Fsp3) is 0.562. The summed E-state index contributed by atoms with van der Waals surface area (Å²) in [6, 6.07) is 2.02. The molecule has 0 aliphatic carbocycles. The Morgan fingerprint density at radius 1 is 1.17 bits per heavy atom. The molecule has 0 amide bonds. The number of hydrogen-bond acceptors (Lipinski definition) is 8. The summed E-state index contributed by atoms with van der Waals surface area (Å²) in [5.41, 5.74) is 1.07. The summed E-state index contributed by atoms with van der Waals surface area (Å²) in [7, 11) is 6.24. The minimum absolute atomic E-state index is 0.777. The monoisotopic (exact) mass is 347 g/mol. The van der Waals surface area contributed by atoms with Crippen molar-refractivity contribution in [3.63, 3.8) is 0 Å². The average Bonchev–Trinajstić information content (AvgIpc) is 2.93. The molecule has 0 radical (unpaired) electrons. The molecule has 8 heteroatoms. The first kappa shape index (κ1) is 17.1. The maximum atomic E-state index is 4.61. The first-order valence-electron chi connectivity index (χ1n) is 8.15. The largest absolute Gasteiger partial charge is 0.354 e. The van der Waals surface area contributed by atoms with Gasteiger partial charge in [0, 0.05) is 44.2 Å². The molecule has 7 nitrogen and oxygen atoms in total. The first-order valence-corrected chi connectivity index (χ1v) is 9.03. The second-order valence-electron chi connectivity index (χ2n) is 6.46. The zero-order valence-electron chi connectivity index (χ0n) is 14.8. The number of aromatic nitrogens is 3. The van der Waals surface area contributed by atoms with Crippen molar-refractivity contribution in [3.05, 3.63) is 23.0 Å². The summed E-state index contributed by atoms with van der Waals surface area (Å²) in [5.74, 6) is 2.57. The topological polar surface area (TPSA) is 60.4 Å². The highest BCUT2D eigenvalue weighted by Gasteiger charge is 2.17. The van der Waals surface area contributed by atoms with Crippen molar-refractivity contribution in [2.45, 2.75) is 13.5 Å². The quantitative estimate of drug-likeness (QED) is 0.885. The molecule has 2 aromatic rings. The smallest absolute Gasteiger partial charge is 0.188 e. The van der Waals surface area contributed by atoms with Crippen molar-refractivity contribution in [1.82, 2.24) is 24.8 Å². The van der Waals surface area contributed by atoms with Crippen molar-refractivity contribution in [1.29, 1.82) is 0 Å². The zero-order valence-corrected chi connectivity index (χ0v) is 15.6. The van der Waals surface area contributed by atoms with Crippen LogP contribution in [0.5, 0.6) is 0 Å². The van der Waals surface area contributed by atoms with E-state index in [1.165, 1.54) is 0 Å². The van der Waals surface area contributed by atoms with Gasteiger partial charge in [-0.2, -0.15) is 0 Å². The van der Waals surface area contributed by atoms with E-state index in [1.807, 2.05) is 27.1 Å². The molecule has 0 spiro atoms. The van der Waals surface area contributed by atoms with Gasteiger partial charge in [0.2, 0.25) is 0 Å². The molecule has 0 atom stereocenters. The predicted molar refractivity (Wildman–Crippen MR) is 99.3 cm³/mol. The van der Waals surface area contributed by atoms with E-state index < -0.39 is 0 Å². The fourth-order valence-corrected chi connectivity index (χ4v) is 3.39. The van der Waals surface area contributed by atoms with Gasteiger partial charge in [-0.3, -0.25) is 0 Å². The highest BCUT2D eigenvalue weighted by Crippen LogP contribution is 2.23. The van der Waals surface area contributed by atoms with Gasteiger partial charge in [-0.15, -0.1) is 11.3 Å². The van der Waals surface area contributed by atoms with Crippen molar-refractivity contribution < 1.29 is 0 Å². The van der Waals surface area contributed by atoms with Crippen molar-refractivity contribution in [3.8, 4) is 0 Å². The van der Waals surface area contributed by atoms with E-state index in [-0.39, 0.29) is 0 Å². The van der Waals surface area contributed by atoms with Crippen molar-refractivity contribution in [2.75, 3.05) is 57.5 Å². The van der Waals surface area contributed by atoms with Crippen molar-refractivity contribution >= 4 is 28.1 Å². The molecule has 0 bridgehead atoms. The lowest BCUT2D eigenvalue weighted by atomic mass is 10.3. The van der Waals surface area contributed by atoms with E-state index >= 15 is 0 Å². The lowest BCUT2D eigenvalue weighted by Crippen LogP contribution is -2.44. The number of aryl methyl sites for hydroxylation is 1. The number of anilines is 3. The molecule has 130 valence electrons. The molecule has 0 saturated carbocycles. The zero-order chi connectivity index (χ0) is 17.1. The Balaban J connectivity index is 1.72. The summed E-state index contributed by atoms with van der Waals surface area (Å²) in [6.45, 7) is 6.89. The van der Waals surface area contributed by atoms with Crippen LogP contribution in [0.15, 0.2) is 11.4 Å². The minimum atomic E-state index is 0.777. The summed E-state index contributed by atoms with van der Waals surface area (Å²) in [4.78, 5) is 20.5. The van der Waals surface area contributed by atoms with Gasteiger partial charge in [-0.05, 0) is 28.1 Å². The molecular formula is C16H25N7S. The normalized spacial score (nSPS) is 16.0. The molecule has 1 fully saturated rings. The minimum Gasteiger partial charge on any atom is -0.354 e. The number of piperazine rings is 1. The van der Waals surface area contributed by atoms with Crippen LogP contribution in [-0.4, -0.2) is 72.1 Å². The number of hydrogen-bond donors (Lipinski definition) is 1. The van der Waals surface area contributed by atoms with E-state index in [2.05, 4.69) is 47.4 Å². The third kappa shape index (κ3) is 4.40. The van der Waals surface area contributed by atoms with Crippen LogP contribution in [0.4, 0.5) is 16.8 Å². The molecule has 1 N–H and O–H groups in total. The first-order chi connectivity index (χ1) is 11.5. The molecule has 3 heterocycles. The molecule has 3 rings (SSSR count). The predicted octanol–water partition coefficient (Wildman–Crippen LogP) is 1.80. The van der Waals surface area contributed by atoms with E-state index in [1.54, 1.807) is 11.3 Å². The van der Waals surface area contributed by atoms with E-state index in [4.69, 9.17) is 0 Å². The molecule has 2 aromatic heterocycles. The number of nitrogens with zero attached hydrogens (tertiary/aromatic N) is 6. The van der Waals surface area contributed by atoms with Gasteiger partial charge < -0.3 is 20.0 Å². The maximum Gasteiger partial charge on any atom is 0.188 e. The molecule has 1 aliphatic rings. The van der Waals surface area contributed by atoms with Gasteiger partial charge in [0.1, 0.15) is 17.5 Å². The molecule has 24 heavy (non-hydrogen) atoms. The summed E-state index contributed by atoms with van der Waals surface area (Å²) in [5, 5.41) is 6.28. The lowest BCUT2D eigenvalue weighted by Gasteiger charge is -2.33. The van der Waals surface area contributed by atoms with E-state index in [0.717, 1.165) is 61.0 Å². The second kappa shape index (κ2) is 7.42. The van der Waals surface area contributed by atoms with Crippen LogP contribution >= 0.6 is 11.3 Å². The van der Waals surface area contributed by atoms with Crippen LogP contribution < -0.4 is 10.2 Å². The molecule has 1 aliphatic heterocycles. The van der Waals surface area contributed by atoms with E-state index in [0.29, 0.717) is 0 Å². The standard InChI is InChI=1S/C16H25N7S/c1-12-17-14(20-16-19-13(11-24-16)10-21(2)3)9-15(18-12)23-7-5-22(4)6-8-23/h9,11H,5-8,10H2,1-4H3,(H,17,18,19,20). The van der Waals surface area contributed by atoms with Crippen LogP contribution in [0.2, 0.25) is 0 Å². The number of thiazole rings is 1. The van der Waals surface area contributed by atoms with Crippen molar-refractivity contribution in [2.24, 2.45) is 0 Å². The highest BCUT2D eigenvalue weighted by atomic mass is 32.1. The van der Waals surface area contributed by atoms with Crippen LogP contribution in [0, 0.1) is 6.92 Å². The molecule has 0 aromatic carbocycles. The average molecular weight is 347 g/mol. The van der Waals surface area contributed by atoms with Gasteiger partial charge in [-0.1, -0.05) is 0 Å². The summed E-state index contributed by atoms with van der Waals surface area (Å²) < 4.78 is 0. The number of nitrogens with one attached hydrogen (secondary N) is 1. The number of rotatable bonds is 5. The Morgan fingerprint density at radius 2 is 1.92 bits per heavy atom. The van der Waals surface area contributed by atoms with Gasteiger partial charge in [0.15, 0.2) is 5.13 Å². The second-order valence-corrected chi connectivity index (χ2v) is 7.31. The van der Waals surface area contributed by atoms with Gasteiger partial charge >= 0.3 is 0 Å². The summed E-state index contributed by atoms with van der Waals surface area (Å²) >= 11 is 1.60. The van der Waals surface area contributed by atoms with Crippen LogP contribution in [-0.2, 0) is 6.54 Å². The Bertz CT molecular complexity index is 677. The van der Waals surface area contributed by atoms with Gasteiger partial charge in [-0.25, -0.2) is 15.0 Å². The summed E-state index contributed by atoms with van der Waals surface area (Å²) in [6.07, 6.45) is 0.